The summed E-state index contributed by atoms with van der Waals surface area (Å²) in [6.07, 6.45) is 1.92. The first-order chi connectivity index (χ1) is 16.6. The molecule has 0 amide bonds. The second-order valence-electron chi connectivity index (χ2n) is 7.69. The zero-order valence-electron chi connectivity index (χ0n) is 17.8. The minimum Gasteiger partial charge on any atom is -0.475 e. The molecule has 0 spiro atoms. The van der Waals surface area contributed by atoms with E-state index in [9.17, 15) is 22.0 Å². The molecule has 1 N–H and O–H groups in total. The molecular weight excluding hydrogens is 492 g/mol. The Bertz CT molecular complexity index is 1640. The summed E-state index contributed by atoms with van der Waals surface area (Å²) in [5, 5.41) is 4.48. The quantitative estimate of drug-likeness (QED) is 0.328. The number of carbonyl (C=O) groups is 1. The number of carbonyl (C=O) groups excluding carboxylic acids is 1. The van der Waals surface area contributed by atoms with Gasteiger partial charge in [0.15, 0.2) is 21.4 Å². The number of ketones is 1. The topological polar surface area (TPSA) is 115 Å². The molecule has 0 saturated carbocycles. The van der Waals surface area contributed by atoms with Crippen molar-refractivity contribution < 1.29 is 35.5 Å². The Morgan fingerprint density at radius 1 is 1.14 bits per heavy atom. The van der Waals surface area contributed by atoms with Crippen molar-refractivity contribution in [2.24, 2.45) is 0 Å². The van der Waals surface area contributed by atoms with E-state index in [2.05, 4.69) is 20.2 Å². The van der Waals surface area contributed by atoms with Crippen LogP contribution in [0.15, 0.2) is 35.5 Å². The molecule has 35 heavy (non-hydrogen) atoms. The Hall–Kier alpha value is -3.87. The van der Waals surface area contributed by atoms with Gasteiger partial charge in [0.1, 0.15) is 51.1 Å². The third-order valence-electron chi connectivity index (χ3n) is 5.68. The summed E-state index contributed by atoms with van der Waals surface area (Å²) in [4.78, 5) is 18.8. The lowest BCUT2D eigenvalue weighted by atomic mass is 10.0. The monoisotopic (exact) mass is 506 g/mol. The van der Waals surface area contributed by atoms with Gasteiger partial charge >= 0.3 is 0 Å². The maximum Gasteiger partial charge on any atom is 0.232 e. The van der Waals surface area contributed by atoms with Crippen molar-refractivity contribution in [3.8, 4) is 17.1 Å². The van der Waals surface area contributed by atoms with Gasteiger partial charge in [-0.25, -0.2) is 31.0 Å². The van der Waals surface area contributed by atoms with Crippen LogP contribution in [0.5, 0.6) is 5.88 Å². The van der Waals surface area contributed by atoms with Crippen LogP contribution < -0.4 is 4.74 Å². The van der Waals surface area contributed by atoms with Gasteiger partial charge in [-0.2, -0.15) is 5.10 Å². The van der Waals surface area contributed by atoms with E-state index in [0.717, 1.165) is 24.5 Å². The van der Waals surface area contributed by atoms with Crippen LogP contribution in [0.2, 0.25) is 0 Å². The van der Waals surface area contributed by atoms with Crippen molar-refractivity contribution in [3.63, 3.8) is 0 Å². The van der Waals surface area contributed by atoms with E-state index in [1.54, 1.807) is 6.92 Å². The SMILES string of the molecule is CCC(=O)c1[nH]nc2c(F)c(-c3c(F)ccc(C4COc5ncc(F)cc5S4(=O)=O)c3F)ncc12. The van der Waals surface area contributed by atoms with Gasteiger partial charge in [0.25, 0.3) is 0 Å². The van der Waals surface area contributed by atoms with Gasteiger partial charge in [0.2, 0.25) is 5.88 Å². The number of aromatic amines is 1. The number of nitrogens with one attached hydrogen (secondary N) is 1. The molecule has 3 aromatic heterocycles. The van der Waals surface area contributed by atoms with Crippen LogP contribution >= 0.6 is 0 Å². The zero-order chi connectivity index (χ0) is 25.1. The molecule has 1 unspecified atom stereocenters. The van der Waals surface area contributed by atoms with Crippen LogP contribution in [-0.2, 0) is 9.84 Å². The van der Waals surface area contributed by atoms with E-state index in [-0.39, 0.29) is 34.7 Å². The highest BCUT2D eigenvalue weighted by Crippen LogP contribution is 2.41. The van der Waals surface area contributed by atoms with E-state index in [1.807, 2.05) is 0 Å². The average molecular weight is 506 g/mol. The first kappa shape index (κ1) is 22.9. The number of aromatic nitrogens is 4. The third kappa shape index (κ3) is 3.45. The number of sulfone groups is 1. The molecule has 0 radical (unpaired) electrons. The summed E-state index contributed by atoms with van der Waals surface area (Å²) >= 11 is 0. The van der Waals surface area contributed by atoms with Crippen LogP contribution in [0.1, 0.15) is 34.6 Å². The largest absolute Gasteiger partial charge is 0.475 e. The van der Waals surface area contributed by atoms with E-state index >= 15 is 8.78 Å². The summed E-state index contributed by atoms with van der Waals surface area (Å²) in [5.41, 5.74) is -2.58. The second-order valence-corrected chi connectivity index (χ2v) is 9.78. The van der Waals surface area contributed by atoms with Crippen molar-refractivity contribution in [1.82, 2.24) is 20.2 Å². The maximum absolute atomic E-state index is 15.6. The van der Waals surface area contributed by atoms with E-state index in [0.29, 0.717) is 6.07 Å². The predicted molar refractivity (Wildman–Crippen MR) is 113 cm³/mol. The smallest absolute Gasteiger partial charge is 0.232 e. The normalized spacial score (nSPS) is 16.7. The number of nitrogens with zero attached hydrogens (tertiary/aromatic N) is 3. The summed E-state index contributed by atoms with van der Waals surface area (Å²) in [7, 11) is -4.41. The molecule has 8 nitrogen and oxygen atoms in total. The molecule has 0 saturated heterocycles. The Kier molecular flexibility index (Phi) is 5.31. The van der Waals surface area contributed by atoms with Crippen molar-refractivity contribution >= 4 is 26.5 Å². The molecule has 0 aliphatic carbocycles. The number of Topliss-reactive ketones (excluding diaryl/α,β-unsaturated/α-hetero) is 1. The first-order valence-electron chi connectivity index (χ1n) is 10.2. The predicted octanol–water partition coefficient (Wildman–Crippen LogP) is 4.08. The van der Waals surface area contributed by atoms with Crippen LogP contribution in [0.3, 0.4) is 0 Å². The Morgan fingerprint density at radius 2 is 1.91 bits per heavy atom. The van der Waals surface area contributed by atoms with E-state index in [1.165, 1.54) is 0 Å². The molecule has 4 heterocycles. The number of hydrogen-bond donors (Lipinski definition) is 1. The van der Waals surface area contributed by atoms with Crippen molar-refractivity contribution in [2.45, 2.75) is 23.5 Å². The van der Waals surface area contributed by atoms with Crippen molar-refractivity contribution in [2.75, 3.05) is 6.61 Å². The summed E-state index contributed by atoms with van der Waals surface area (Å²) in [6.45, 7) is 1.00. The lowest BCUT2D eigenvalue weighted by Gasteiger charge is -2.25. The molecule has 1 aliphatic heterocycles. The second kappa shape index (κ2) is 8.12. The minimum absolute atomic E-state index is 0.0000920. The molecule has 0 fully saturated rings. The zero-order valence-corrected chi connectivity index (χ0v) is 18.6. The fraction of sp³-hybridized carbons (Fsp3) is 0.182. The van der Waals surface area contributed by atoms with Crippen LogP contribution in [-0.4, -0.2) is 41.0 Å². The Labute approximate surface area is 194 Å². The third-order valence-corrected chi connectivity index (χ3v) is 7.73. The molecule has 4 aromatic rings. The highest BCUT2D eigenvalue weighted by atomic mass is 32.2. The van der Waals surface area contributed by atoms with Gasteiger partial charge < -0.3 is 4.74 Å². The summed E-state index contributed by atoms with van der Waals surface area (Å²) in [6, 6.07) is 2.35. The van der Waals surface area contributed by atoms with Crippen molar-refractivity contribution in [3.05, 3.63) is 65.1 Å². The van der Waals surface area contributed by atoms with Crippen molar-refractivity contribution in [1.29, 1.82) is 0 Å². The average Bonchev–Trinajstić information content (AvgIpc) is 3.26. The molecule has 180 valence electrons. The van der Waals surface area contributed by atoms with Gasteiger partial charge in [0.05, 0.1) is 17.1 Å². The minimum atomic E-state index is -4.41. The van der Waals surface area contributed by atoms with Gasteiger partial charge in [-0.3, -0.25) is 14.9 Å². The number of H-pyrrole nitrogens is 1. The van der Waals surface area contributed by atoms with Crippen LogP contribution in [0, 0.1) is 23.3 Å². The lowest BCUT2D eigenvalue weighted by molar-refractivity contribution is 0.0985. The molecule has 13 heteroatoms. The van der Waals surface area contributed by atoms with Crippen LogP contribution in [0.4, 0.5) is 17.6 Å². The number of ether oxygens (including phenoxy) is 1. The Balaban J connectivity index is 1.66. The lowest BCUT2D eigenvalue weighted by Crippen LogP contribution is -2.28. The van der Waals surface area contributed by atoms with Gasteiger partial charge in [-0.1, -0.05) is 13.0 Å². The van der Waals surface area contributed by atoms with Crippen LogP contribution in [0.25, 0.3) is 22.2 Å². The molecule has 1 aliphatic rings. The fourth-order valence-corrected chi connectivity index (χ4v) is 5.62. The number of benzene rings is 1. The molecule has 0 bridgehead atoms. The van der Waals surface area contributed by atoms with Gasteiger partial charge in [-0.15, -0.1) is 0 Å². The summed E-state index contributed by atoms with van der Waals surface area (Å²) in [5.74, 6) is -5.46. The molecule has 1 atom stereocenters. The number of pyridine rings is 2. The van der Waals surface area contributed by atoms with E-state index < -0.39 is 66.7 Å². The maximum atomic E-state index is 15.6. The highest BCUT2D eigenvalue weighted by Gasteiger charge is 2.40. The highest BCUT2D eigenvalue weighted by molar-refractivity contribution is 7.91. The molecular formula is C22H14F4N4O4S. The number of rotatable bonds is 4. The molecule has 1 aromatic carbocycles. The van der Waals surface area contributed by atoms with E-state index in [4.69, 9.17) is 4.74 Å². The van der Waals surface area contributed by atoms with Gasteiger partial charge in [-0.05, 0) is 12.1 Å². The number of fused-ring (bicyclic) bond motifs is 2. The van der Waals surface area contributed by atoms with Gasteiger partial charge in [0, 0.05) is 18.2 Å². The summed E-state index contributed by atoms with van der Waals surface area (Å²) < 4.78 is 90.8. The number of halogens is 4. The number of hydrogen-bond acceptors (Lipinski definition) is 7. The Morgan fingerprint density at radius 3 is 2.66 bits per heavy atom. The molecule has 5 rings (SSSR count). The first-order valence-corrected chi connectivity index (χ1v) is 11.8. The fourth-order valence-electron chi connectivity index (χ4n) is 3.91. The standard InChI is InChI=1S/C22H14F4N4O4S/c1-2-13(31)19-11-7-27-21(18(26)20(11)30-29-19)16-12(24)4-3-10(17(16)25)15-8-34-22-14(35(15,32)33)5-9(23)6-28-22/h3-7,15H,2,8H2,1H3,(H,29,30).